The summed E-state index contributed by atoms with van der Waals surface area (Å²) in [5.41, 5.74) is 2.30. The Kier molecular flexibility index (Phi) is 6.45. The largest absolute Gasteiger partial charge is 0.497 e. The van der Waals surface area contributed by atoms with Crippen molar-refractivity contribution in [3.63, 3.8) is 0 Å². The number of benzene rings is 2. The van der Waals surface area contributed by atoms with Gasteiger partial charge >= 0.3 is 0 Å². The highest BCUT2D eigenvalue weighted by Crippen LogP contribution is 2.15. The number of hydrogen-bond acceptors (Lipinski definition) is 3. The highest BCUT2D eigenvalue weighted by atomic mass is 16.5. The van der Waals surface area contributed by atoms with Gasteiger partial charge in [-0.15, -0.1) is 0 Å². The van der Waals surface area contributed by atoms with Crippen LogP contribution in [0.5, 0.6) is 5.75 Å². The molecule has 1 N–H and O–H groups in total. The minimum absolute atomic E-state index is 0.0330. The third-order valence-electron chi connectivity index (χ3n) is 4.70. The Balaban J connectivity index is 1.43. The number of amides is 1. The molecule has 4 heteroatoms. The number of methoxy groups -OCH3 is 1. The molecule has 2 aromatic rings. The zero-order valence-electron chi connectivity index (χ0n) is 15.2. The van der Waals surface area contributed by atoms with Crippen LogP contribution in [0.25, 0.3) is 6.08 Å². The first kappa shape index (κ1) is 18.2. The van der Waals surface area contributed by atoms with Crippen LogP contribution in [0.2, 0.25) is 0 Å². The Bertz CT molecular complexity index is 735. The minimum Gasteiger partial charge on any atom is -0.497 e. The van der Waals surface area contributed by atoms with E-state index in [9.17, 15) is 4.79 Å². The van der Waals surface area contributed by atoms with E-state index in [2.05, 4.69) is 34.5 Å². The van der Waals surface area contributed by atoms with Gasteiger partial charge in [0.15, 0.2) is 0 Å². The van der Waals surface area contributed by atoms with Gasteiger partial charge in [-0.3, -0.25) is 9.69 Å². The number of carbonyl (C=O) groups excluding carboxylic acids is 1. The van der Waals surface area contributed by atoms with Crippen molar-refractivity contribution < 1.29 is 9.53 Å². The molecule has 1 aliphatic rings. The van der Waals surface area contributed by atoms with Crippen LogP contribution >= 0.6 is 0 Å². The van der Waals surface area contributed by atoms with Gasteiger partial charge in [0.1, 0.15) is 5.75 Å². The maximum atomic E-state index is 12.2. The van der Waals surface area contributed by atoms with Gasteiger partial charge in [0.2, 0.25) is 5.91 Å². The third kappa shape index (κ3) is 5.46. The molecule has 0 aliphatic carbocycles. The second-order valence-electron chi connectivity index (χ2n) is 6.65. The first-order valence-electron chi connectivity index (χ1n) is 9.12. The van der Waals surface area contributed by atoms with Gasteiger partial charge in [-0.1, -0.05) is 42.5 Å². The van der Waals surface area contributed by atoms with Crippen molar-refractivity contribution in [2.75, 3.05) is 20.2 Å². The summed E-state index contributed by atoms with van der Waals surface area (Å²) in [7, 11) is 1.64. The van der Waals surface area contributed by atoms with Crippen LogP contribution in [0.4, 0.5) is 0 Å². The summed E-state index contributed by atoms with van der Waals surface area (Å²) < 4.78 is 5.20. The van der Waals surface area contributed by atoms with Crippen LogP contribution in [-0.4, -0.2) is 37.0 Å². The zero-order valence-corrected chi connectivity index (χ0v) is 15.2. The molecule has 0 radical (unpaired) electrons. The summed E-state index contributed by atoms with van der Waals surface area (Å²) in [6.07, 6.45) is 5.41. The van der Waals surface area contributed by atoms with Crippen molar-refractivity contribution in [2.45, 2.75) is 25.4 Å². The van der Waals surface area contributed by atoms with E-state index < -0.39 is 0 Å². The summed E-state index contributed by atoms with van der Waals surface area (Å²) in [6.45, 7) is 3.01. The maximum absolute atomic E-state index is 12.2. The molecule has 1 heterocycles. The summed E-state index contributed by atoms with van der Waals surface area (Å²) in [6, 6.07) is 18.5. The number of nitrogens with one attached hydrogen (secondary N) is 1. The maximum Gasteiger partial charge on any atom is 0.244 e. The topological polar surface area (TPSA) is 41.6 Å². The van der Waals surface area contributed by atoms with Gasteiger partial charge in [-0.25, -0.2) is 0 Å². The molecule has 4 nitrogen and oxygen atoms in total. The molecule has 26 heavy (non-hydrogen) atoms. The van der Waals surface area contributed by atoms with Crippen LogP contribution in [0, 0.1) is 0 Å². The van der Waals surface area contributed by atoms with E-state index in [1.165, 1.54) is 5.56 Å². The fourth-order valence-corrected chi connectivity index (χ4v) is 3.24. The number of carbonyl (C=O) groups is 1. The quantitative estimate of drug-likeness (QED) is 0.811. The number of hydrogen-bond donors (Lipinski definition) is 1. The van der Waals surface area contributed by atoms with E-state index >= 15 is 0 Å². The van der Waals surface area contributed by atoms with Crippen LogP contribution in [-0.2, 0) is 11.3 Å². The first-order valence-corrected chi connectivity index (χ1v) is 9.12. The van der Waals surface area contributed by atoms with E-state index in [4.69, 9.17) is 4.74 Å². The second-order valence-corrected chi connectivity index (χ2v) is 6.65. The van der Waals surface area contributed by atoms with E-state index in [1.54, 1.807) is 13.2 Å². The van der Waals surface area contributed by atoms with Crippen molar-refractivity contribution in [3.05, 3.63) is 71.8 Å². The van der Waals surface area contributed by atoms with Gasteiger partial charge in [0, 0.05) is 31.8 Å². The smallest absolute Gasteiger partial charge is 0.244 e. The van der Waals surface area contributed by atoms with Gasteiger partial charge in [0.05, 0.1) is 7.11 Å². The lowest BCUT2D eigenvalue weighted by Gasteiger charge is -2.32. The molecule has 3 rings (SSSR count). The number of nitrogens with zero attached hydrogens (tertiary/aromatic N) is 1. The molecule has 0 atom stereocenters. The van der Waals surface area contributed by atoms with Crippen molar-refractivity contribution in [1.29, 1.82) is 0 Å². The molecule has 0 spiro atoms. The monoisotopic (exact) mass is 350 g/mol. The average molecular weight is 350 g/mol. The Hall–Kier alpha value is -2.59. The lowest BCUT2D eigenvalue weighted by molar-refractivity contribution is -0.117. The molecule has 136 valence electrons. The standard InChI is InChI=1S/C22H26N2O2/c1-26-21-9-5-8-18(16-21)10-11-22(25)23-20-12-14-24(15-13-20)17-19-6-3-2-4-7-19/h2-11,16,20H,12-15,17H2,1H3,(H,23,25)/b11-10+. The number of ether oxygens (including phenoxy) is 1. The summed E-state index contributed by atoms with van der Waals surface area (Å²) in [5.74, 6) is 0.757. The van der Waals surface area contributed by atoms with Gasteiger partial charge in [-0.2, -0.15) is 0 Å². The molecule has 1 saturated heterocycles. The minimum atomic E-state index is -0.0330. The van der Waals surface area contributed by atoms with E-state index in [0.717, 1.165) is 43.8 Å². The van der Waals surface area contributed by atoms with Crippen molar-refractivity contribution in [2.24, 2.45) is 0 Å². The Morgan fingerprint density at radius 2 is 1.92 bits per heavy atom. The molecular weight excluding hydrogens is 324 g/mol. The number of piperidine rings is 1. The van der Waals surface area contributed by atoms with Crippen molar-refractivity contribution in [3.8, 4) is 5.75 Å². The van der Waals surface area contributed by atoms with Crippen LogP contribution in [0.1, 0.15) is 24.0 Å². The molecule has 0 bridgehead atoms. The third-order valence-corrected chi connectivity index (χ3v) is 4.70. The van der Waals surface area contributed by atoms with E-state index in [0.29, 0.717) is 0 Å². The molecule has 0 unspecified atom stereocenters. The lowest BCUT2D eigenvalue weighted by atomic mass is 10.0. The predicted molar refractivity (Wildman–Crippen MR) is 105 cm³/mol. The number of likely N-dealkylation sites (tertiary alicyclic amines) is 1. The second kappa shape index (κ2) is 9.20. The van der Waals surface area contributed by atoms with E-state index in [1.807, 2.05) is 36.4 Å². The highest BCUT2D eigenvalue weighted by molar-refractivity contribution is 5.91. The van der Waals surface area contributed by atoms with Crippen LogP contribution < -0.4 is 10.1 Å². The Morgan fingerprint density at radius 3 is 2.65 bits per heavy atom. The van der Waals surface area contributed by atoms with Crippen LogP contribution in [0.3, 0.4) is 0 Å². The molecule has 0 saturated carbocycles. The summed E-state index contributed by atoms with van der Waals surface area (Å²) >= 11 is 0. The fourth-order valence-electron chi connectivity index (χ4n) is 3.24. The highest BCUT2D eigenvalue weighted by Gasteiger charge is 2.19. The van der Waals surface area contributed by atoms with Gasteiger partial charge in [-0.05, 0) is 42.2 Å². The average Bonchev–Trinajstić information content (AvgIpc) is 2.69. The zero-order chi connectivity index (χ0) is 18.2. The Labute approximate surface area is 155 Å². The molecular formula is C22H26N2O2. The Morgan fingerprint density at radius 1 is 1.15 bits per heavy atom. The SMILES string of the molecule is COc1cccc(/C=C/C(=O)NC2CCN(Cc3ccccc3)CC2)c1. The summed E-state index contributed by atoms with van der Waals surface area (Å²) in [5, 5.41) is 3.12. The van der Waals surface area contributed by atoms with E-state index in [-0.39, 0.29) is 11.9 Å². The molecule has 1 fully saturated rings. The lowest BCUT2D eigenvalue weighted by Crippen LogP contribution is -2.43. The first-order chi connectivity index (χ1) is 12.7. The van der Waals surface area contributed by atoms with Crippen LogP contribution in [0.15, 0.2) is 60.7 Å². The molecule has 0 aromatic heterocycles. The molecule has 2 aromatic carbocycles. The van der Waals surface area contributed by atoms with Crippen molar-refractivity contribution in [1.82, 2.24) is 10.2 Å². The van der Waals surface area contributed by atoms with Gasteiger partial charge < -0.3 is 10.1 Å². The summed E-state index contributed by atoms with van der Waals surface area (Å²) in [4.78, 5) is 14.6. The molecule has 1 aliphatic heterocycles. The predicted octanol–water partition coefficient (Wildman–Crippen LogP) is 3.49. The fraction of sp³-hybridized carbons (Fsp3) is 0.318. The van der Waals surface area contributed by atoms with Gasteiger partial charge in [0.25, 0.3) is 0 Å². The normalized spacial score (nSPS) is 15.9. The number of rotatable bonds is 6. The van der Waals surface area contributed by atoms with Crippen molar-refractivity contribution >= 4 is 12.0 Å². The molecule has 1 amide bonds.